The summed E-state index contributed by atoms with van der Waals surface area (Å²) in [7, 11) is -4.17. The first-order valence-electron chi connectivity index (χ1n) is 8.04. The van der Waals surface area contributed by atoms with Gasteiger partial charge in [-0.05, 0) is 17.7 Å². The molecule has 1 amide bonds. The van der Waals surface area contributed by atoms with Crippen LogP contribution in [0.4, 0.5) is 0 Å². The van der Waals surface area contributed by atoms with E-state index in [1.165, 1.54) is 18.2 Å². The van der Waals surface area contributed by atoms with Crippen molar-refractivity contribution in [1.82, 2.24) is 4.31 Å². The average molecular weight is 373 g/mol. The smallest absolute Gasteiger partial charge is 0.304 e. The standard InChI is InChI=1S/C18H15NO6S/c20-17-14(12-4-2-1-3-5-12)11-19(18(17)21)26(22,23)13-6-7-15-16(10-13)25-9-8-24-15/h1-7,10,14H,8-9,11H2/t14-/m1/s1. The quantitative estimate of drug-likeness (QED) is 0.755. The van der Waals surface area contributed by atoms with Crippen LogP contribution in [0.5, 0.6) is 11.5 Å². The maximum atomic E-state index is 12.9. The average Bonchev–Trinajstić information content (AvgIpc) is 2.98. The molecule has 26 heavy (non-hydrogen) atoms. The Kier molecular flexibility index (Phi) is 3.91. The summed E-state index contributed by atoms with van der Waals surface area (Å²) >= 11 is 0. The van der Waals surface area contributed by atoms with Gasteiger partial charge >= 0.3 is 5.91 Å². The molecule has 2 aromatic rings. The van der Waals surface area contributed by atoms with Crippen LogP contribution in [-0.2, 0) is 19.6 Å². The van der Waals surface area contributed by atoms with Crippen molar-refractivity contribution in [3.63, 3.8) is 0 Å². The summed E-state index contributed by atoms with van der Waals surface area (Å²) in [6.45, 7) is 0.489. The van der Waals surface area contributed by atoms with E-state index in [0.717, 1.165) is 0 Å². The third-order valence-corrected chi connectivity index (χ3v) is 6.15. The number of rotatable bonds is 3. The number of Topliss-reactive ketones (excluding diaryl/α,β-unsaturated/α-hetero) is 1. The Morgan fingerprint density at radius 2 is 1.62 bits per heavy atom. The van der Waals surface area contributed by atoms with Gasteiger partial charge < -0.3 is 9.47 Å². The first kappa shape index (κ1) is 16.6. The fraction of sp³-hybridized carbons (Fsp3) is 0.222. The molecule has 2 aromatic carbocycles. The number of carbonyl (C=O) groups is 2. The highest BCUT2D eigenvalue weighted by atomic mass is 32.2. The van der Waals surface area contributed by atoms with Crippen LogP contribution in [0.25, 0.3) is 0 Å². The maximum Gasteiger partial charge on any atom is 0.304 e. The van der Waals surface area contributed by atoms with Gasteiger partial charge in [0.15, 0.2) is 11.5 Å². The molecule has 4 rings (SSSR count). The Balaban J connectivity index is 1.68. The number of hydrogen-bond donors (Lipinski definition) is 0. The van der Waals surface area contributed by atoms with Crippen LogP contribution < -0.4 is 9.47 Å². The summed E-state index contributed by atoms with van der Waals surface area (Å²) in [4.78, 5) is 24.6. The van der Waals surface area contributed by atoms with E-state index in [4.69, 9.17) is 9.47 Å². The van der Waals surface area contributed by atoms with Crippen molar-refractivity contribution < 1.29 is 27.5 Å². The van der Waals surface area contributed by atoms with Crippen LogP contribution in [0.15, 0.2) is 53.4 Å². The van der Waals surface area contributed by atoms with Crippen molar-refractivity contribution in [1.29, 1.82) is 0 Å². The highest BCUT2D eigenvalue weighted by molar-refractivity contribution is 7.89. The van der Waals surface area contributed by atoms with Gasteiger partial charge in [-0.15, -0.1) is 0 Å². The molecule has 2 aliphatic rings. The number of amides is 1. The third-order valence-electron chi connectivity index (χ3n) is 4.41. The maximum absolute atomic E-state index is 12.9. The summed E-state index contributed by atoms with van der Waals surface area (Å²) < 4.78 is 37.2. The highest BCUT2D eigenvalue weighted by Gasteiger charge is 2.46. The van der Waals surface area contributed by atoms with Gasteiger partial charge in [-0.25, -0.2) is 12.7 Å². The van der Waals surface area contributed by atoms with Crippen molar-refractivity contribution >= 4 is 21.7 Å². The van der Waals surface area contributed by atoms with Gasteiger partial charge in [0.05, 0.1) is 17.4 Å². The zero-order valence-corrected chi connectivity index (χ0v) is 14.4. The van der Waals surface area contributed by atoms with E-state index >= 15 is 0 Å². The lowest BCUT2D eigenvalue weighted by Gasteiger charge is -2.20. The fourth-order valence-electron chi connectivity index (χ4n) is 3.06. The van der Waals surface area contributed by atoms with Gasteiger partial charge in [0.25, 0.3) is 10.0 Å². The van der Waals surface area contributed by atoms with E-state index in [2.05, 4.69) is 0 Å². The van der Waals surface area contributed by atoms with Crippen LogP contribution >= 0.6 is 0 Å². The Morgan fingerprint density at radius 1 is 0.923 bits per heavy atom. The van der Waals surface area contributed by atoms with Gasteiger partial charge in [0.1, 0.15) is 13.2 Å². The van der Waals surface area contributed by atoms with E-state index in [1.807, 2.05) is 0 Å². The number of carbonyl (C=O) groups excluding carboxylic acids is 2. The molecule has 1 saturated heterocycles. The zero-order chi connectivity index (χ0) is 18.3. The third kappa shape index (κ3) is 2.62. The van der Waals surface area contributed by atoms with E-state index < -0.39 is 27.6 Å². The molecule has 7 nitrogen and oxygen atoms in total. The Bertz CT molecular complexity index is 986. The summed E-state index contributed by atoms with van der Waals surface area (Å²) in [5.74, 6) is -1.79. The second-order valence-electron chi connectivity index (χ2n) is 5.97. The fourth-order valence-corrected chi connectivity index (χ4v) is 4.47. The number of ketones is 1. The van der Waals surface area contributed by atoms with Crippen molar-refractivity contribution in [2.45, 2.75) is 10.8 Å². The van der Waals surface area contributed by atoms with Crippen LogP contribution in [0.3, 0.4) is 0 Å². The normalized spacial score (nSPS) is 19.7. The number of nitrogens with zero attached hydrogens (tertiary/aromatic N) is 1. The van der Waals surface area contributed by atoms with Gasteiger partial charge in [-0.2, -0.15) is 0 Å². The summed E-state index contributed by atoms with van der Waals surface area (Å²) in [5, 5.41) is 0. The molecule has 0 N–H and O–H groups in total. The molecular weight excluding hydrogens is 358 g/mol. The van der Waals surface area contributed by atoms with Crippen molar-refractivity contribution in [3.8, 4) is 11.5 Å². The molecule has 0 bridgehead atoms. The van der Waals surface area contributed by atoms with Gasteiger partial charge in [0, 0.05) is 6.07 Å². The molecule has 1 atom stereocenters. The topological polar surface area (TPSA) is 90.0 Å². The molecule has 0 radical (unpaired) electrons. The molecule has 0 saturated carbocycles. The molecule has 2 aliphatic heterocycles. The lowest BCUT2D eigenvalue weighted by molar-refractivity contribution is -0.138. The summed E-state index contributed by atoms with van der Waals surface area (Å²) in [6.07, 6.45) is 0. The lowest BCUT2D eigenvalue weighted by Crippen LogP contribution is -2.34. The van der Waals surface area contributed by atoms with E-state index in [0.29, 0.717) is 34.6 Å². The van der Waals surface area contributed by atoms with Gasteiger partial charge in [-0.1, -0.05) is 30.3 Å². The lowest BCUT2D eigenvalue weighted by atomic mass is 9.97. The van der Waals surface area contributed by atoms with Crippen LogP contribution in [0.2, 0.25) is 0 Å². The Morgan fingerprint density at radius 3 is 2.35 bits per heavy atom. The highest BCUT2D eigenvalue weighted by Crippen LogP contribution is 2.35. The number of fused-ring (bicyclic) bond motifs is 1. The molecule has 0 spiro atoms. The SMILES string of the molecule is O=C1C(=O)N(S(=O)(=O)c2ccc3c(c2)OCCO3)C[C@@H]1c1ccccc1. The van der Waals surface area contributed by atoms with Gasteiger partial charge in [-0.3, -0.25) is 9.59 Å². The molecule has 0 aromatic heterocycles. The first-order valence-corrected chi connectivity index (χ1v) is 9.48. The minimum atomic E-state index is -4.17. The van der Waals surface area contributed by atoms with Crippen LogP contribution in [0, 0.1) is 0 Å². The van der Waals surface area contributed by atoms with E-state index in [1.54, 1.807) is 30.3 Å². The molecular formula is C18H15NO6S. The molecule has 1 fully saturated rings. The van der Waals surface area contributed by atoms with Crippen molar-refractivity contribution in [2.24, 2.45) is 0 Å². The second kappa shape index (κ2) is 6.14. The van der Waals surface area contributed by atoms with Crippen LogP contribution in [-0.4, -0.2) is 44.2 Å². The predicted molar refractivity (Wildman–Crippen MR) is 90.5 cm³/mol. The second-order valence-corrected chi connectivity index (χ2v) is 7.84. The molecule has 0 aliphatic carbocycles. The Hall–Kier alpha value is -2.87. The summed E-state index contributed by atoms with van der Waals surface area (Å²) in [5.41, 5.74) is 0.616. The first-order chi connectivity index (χ1) is 12.5. The van der Waals surface area contributed by atoms with E-state index in [9.17, 15) is 18.0 Å². The van der Waals surface area contributed by atoms with Crippen LogP contribution in [0.1, 0.15) is 11.5 Å². The molecule has 0 unspecified atom stereocenters. The number of benzene rings is 2. The zero-order valence-electron chi connectivity index (χ0n) is 13.6. The monoisotopic (exact) mass is 373 g/mol. The molecule has 8 heteroatoms. The minimum absolute atomic E-state index is 0.114. The van der Waals surface area contributed by atoms with Gasteiger partial charge in [0.2, 0.25) is 5.78 Å². The summed E-state index contributed by atoms with van der Waals surface area (Å²) in [6, 6.07) is 12.8. The number of hydrogen-bond acceptors (Lipinski definition) is 6. The van der Waals surface area contributed by atoms with Crippen molar-refractivity contribution in [2.75, 3.05) is 19.8 Å². The molecule has 2 heterocycles. The molecule has 134 valence electrons. The number of ether oxygens (including phenoxy) is 2. The predicted octanol–water partition coefficient (Wildman–Crippen LogP) is 1.34. The largest absolute Gasteiger partial charge is 0.486 e. The minimum Gasteiger partial charge on any atom is -0.486 e. The van der Waals surface area contributed by atoms with E-state index in [-0.39, 0.29) is 11.4 Å². The Labute approximate surface area is 150 Å². The van der Waals surface area contributed by atoms with Crippen molar-refractivity contribution in [3.05, 3.63) is 54.1 Å². The number of sulfonamides is 1.